The molecule has 1 atom stereocenters. The standard InChI is InChI=1S/C28H25N3O6/c1-15-11-23(37-18-7-5-17(6-8-18)28(35)36-4)20(13-22(15)31-24(32)12-16(2)27(31)34)21-14-30(3)25-19(21)9-10-29-26(25)33/h5-11,13-14,16H,12H2,1-4H3,(H,29,33). The van der Waals surface area contributed by atoms with Crippen molar-refractivity contribution in [3.8, 4) is 22.6 Å². The van der Waals surface area contributed by atoms with E-state index in [0.29, 0.717) is 50.3 Å². The lowest BCUT2D eigenvalue weighted by molar-refractivity contribution is -0.122. The average molecular weight is 500 g/mol. The minimum Gasteiger partial charge on any atom is -0.465 e. The molecule has 3 heterocycles. The number of carbonyl (C=O) groups excluding carboxylic acids is 3. The van der Waals surface area contributed by atoms with E-state index in [9.17, 15) is 19.2 Å². The number of aromatic nitrogens is 2. The zero-order valence-corrected chi connectivity index (χ0v) is 20.8. The number of rotatable bonds is 5. The SMILES string of the molecule is COC(=O)c1ccc(Oc2cc(C)c(N3C(=O)CC(C)C3=O)cc2-c2cn(C)c3c(=O)[nH]ccc23)cc1. The summed E-state index contributed by atoms with van der Waals surface area (Å²) in [5, 5.41) is 0.694. The Morgan fingerprint density at radius 2 is 1.78 bits per heavy atom. The molecule has 1 saturated heterocycles. The fourth-order valence-corrected chi connectivity index (χ4v) is 4.73. The lowest BCUT2D eigenvalue weighted by Gasteiger charge is -2.21. The summed E-state index contributed by atoms with van der Waals surface area (Å²) in [5.74, 6) is -0.417. The fraction of sp³-hybridized carbons (Fsp3) is 0.214. The molecule has 0 spiro atoms. The number of H-pyrrole nitrogens is 1. The number of nitrogens with one attached hydrogen (secondary N) is 1. The van der Waals surface area contributed by atoms with Crippen LogP contribution >= 0.6 is 0 Å². The van der Waals surface area contributed by atoms with Crippen molar-refractivity contribution in [1.82, 2.24) is 9.55 Å². The molecule has 1 N–H and O–H groups in total. The molecule has 1 fully saturated rings. The van der Waals surface area contributed by atoms with Crippen LogP contribution in [-0.4, -0.2) is 34.4 Å². The summed E-state index contributed by atoms with van der Waals surface area (Å²) in [4.78, 5) is 53.9. The van der Waals surface area contributed by atoms with Crippen molar-refractivity contribution in [2.75, 3.05) is 12.0 Å². The monoisotopic (exact) mass is 499 g/mol. The van der Waals surface area contributed by atoms with Gasteiger partial charge in [0.2, 0.25) is 11.8 Å². The zero-order chi connectivity index (χ0) is 26.4. The number of methoxy groups -OCH3 is 1. The Balaban J connectivity index is 1.69. The molecule has 0 bridgehead atoms. The maximum absolute atomic E-state index is 12.9. The van der Waals surface area contributed by atoms with E-state index >= 15 is 0 Å². The van der Waals surface area contributed by atoms with Crippen LogP contribution in [-0.2, 0) is 21.4 Å². The Morgan fingerprint density at radius 1 is 1.05 bits per heavy atom. The van der Waals surface area contributed by atoms with E-state index in [1.54, 1.807) is 67.2 Å². The van der Waals surface area contributed by atoms with E-state index < -0.39 is 11.9 Å². The van der Waals surface area contributed by atoms with E-state index in [0.717, 1.165) is 0 Å². The van der Waals surface area contributed by atoms with Crippen LogP contribution in [0.2, 0.25) is 0 Å². The molecule has 1 aliphatic heterocycles. The maximum atomic E-state index is 12.9. The molecule has 0 aliphatic carbocycles. The molecule has 1 unspecified atom stereocenters. The number of aromatic amines is 1. The highest BCUT2D eigenvalue weighted by Crippen LogP contribution is 2.42. The first-order chi connectivity index (χ1) is 17.7. The smallest absolute Gasteiger partial charge is 0.337 e. The summed E-state index contributed by atoms with van der Waals surface area (Å²) in [7, 11) is 3.09. The summed E-state index contributed by atoms with van der Waals surface area (Å²) >= 11 is 0. The van der Waals surface area contributed by atoms with Gasteiger partial charge in [-0.2, -0.15) is 0 Å². The summed E-state index contributed by atoms with van der Waals surface area (Å²) in [6, 6.07) is 11.8. The highest BCUT2D eigenvalue weighted by molar-refractivity contribution is 6.21. The minimum atomic E-state index is -0.456. The van der Waals surface area contributed by atoms with Crippen LogP contribution in [0.25, 0.3) is 22.0 Å². The Bertz CT molecular complexity index is 1630. The van der Waals surface area contributed by atoms with E-state index in [4.69, 9.17) is 9.47 Å². The molecular weight excluding hydrogens is 474 g/mol. The van der Waals surface area contributed by atoms with Crippen LogP contribution in [0.1, 0.15) is 29.3 Å². The van der Waals surface area contributed by atoms with Crippen molar-refractivity contribution in [2.24, 2.45) is 13.0 Å². The second kappa shape index (κ2) is 9.09. The van der Waals surface area contributed by atoms with Gasteiger partial charge in [0.05, 0.1) is 18.4 Å². The van der Waals surface area contributed by atoms with Crippen molar-refractivity contribution in [1.29, 1.82) is 0 Å². The first-order valence-electron chi connectivity index (χ1n) is 11.7. The van der Waals surface area contributed by atoms with E-state index in [2.05, 4.69) is 4.98 Å². The molecule has 0 saturated carbocycles. The predicted molar refractivity (Wildman–Crippen MR) is 138 cm³/mol. The topological polar surface area (TPSA) is 111 Å². The molecule has 1 aliphatic rings. The van der Waals surface area contributed by atoms with Crippen molar-refractivity contribution in [2.45, 2.75) is 20.3 Å². The average Bonchev–Trinajstić information content (AvgIpc) is 3.34. The number of aryl methyl sites for hydroxylation is 2. The van der Waals surface area contributed by atoms with Gasteiger partial charge in [0.15, 0.2) is 0 Å². The first kappa shape index (κ1) is 24.1. The lowest BCUT2D eigenvalue weighted by Crippen LogP contribution is -2.30. The van der Waals surface area contributed by atoms with E-state index in [-0.39, 0.29) is 23.8 Å². The third-order valence-corrected chi connectivity index (χ3v) is 6.60. The number of pyridine rings is 1. The van der Waals surface area contributed by atoms with Crippen LogP contribution in [0.5, 0.6) is 11.5 Å². The molecular formula is C28H25N3O6. The summed E-state index contributed by atoms with van der Waals surface area (Å²) in [6.45, 7) is 3.55. The number of hydrogen-bond acceptors (Lipinski definition) is 6. The van der Waals surface area contributed by atoms with Gasteiger partial charge in [0.25, 0.3) is 5.56 Å². The Kier molecular flexibility index (Phi) is 5.91. The lowest BCUT2D eigenvalue weighted by atomic mass is 10.0. The molecule has 2 aromatic carbocycles. The number of ether oxygens (including phenoxy) is 2. The Hall–Kier alpha value is -4.66. The maximum Gasteiger partial charge on any atom is 0.337 e. The summed E-state index contributed by atoms with van der Waals surface area (Å²) < 4.78 is 12.7. The van der Waals surface area contributed by atoms with Crippen LogP contribution in [0.3, 0.4) is 0 Å². The van der Waals surface area contributed by atoms with E-state index in [1.165, 1.54) is 12.0 Å². The third kappa shape index (κ3) is 4.08. The number of nitrogens with zero attached hydrogens (tertiary/aromatic N) is 2. The predicted octanol–water partition coefficient (Wildman–Crippen LogP) is 4.32. The fourth-order valence-electron chi connectivity index (χ4n) is 4.73. The minimum absolute atomic E-state index is 0.155. The highest BCUT2D eigenvalue weighted by Gasteiger charge is 2.38. The molecule has 9 heteroatoms. The molecule has 9 nitrogen and oxygen atoms in total. The quantitative estimate of drug-likeness (QED) is 0.323. The molecule has 188 valence electrons. The van der Waals surface area contributed by atoms with Gasteiger partial charge in [-0.05, 0) is 55.0 Å². The summed E-state index contributed by atoms with van der Waals surface area (Å²) in [6.07, 6.45) is 3.55. The van der Waals surface area contributed by atoms with Gasteiger partial charge in [0.1, 0.15) is 17.0 Å². The molecule has 2 aromatic heterocycles. The van der Waals surface area contributed by atoms with Crippen LogP contribution in [0.4, 0.5) is 5.69 Å². The molecule has 0 radical (unpaired) electrons. The molecule has 4 aromatic rings. The highest BCUT2D eigenvalue weighted by atomic mass is 16.5. The van der Waals surface area contributed by atoms with Gasteiger partial charge >= 0.3 is 5.97 Å². The number of amides is 2. The number of anilines is 1. The van der Waals surface area contributed by atoms with Crippen LogP contribution in [0, 0.1) is 12.8 Å². The Morgan fingerprint density at radius 3 is 2.43 bits per heavy atom. The Labute approximate surface area is 212 Å². The van der Waals surface area contributed by atoms with Crippen LogP contribution < -0.4 is 15.2 Å². The molecule has 2 amide bonds. The van der Waals surface area contributed by atoms with Gasteiger partial charge in [-0.1, -0.05) is 6.92 Å². The molecule has 37 heavy (non-hydrogen) atoms. The number of imide groups is 1. The second-order valence-corrected chi connectivity index (χ2v) is 9.15. The number of benzene rings is 2. The number of hydrogen-bond donors (Lipinski definition) is 1. The van der Waals surface area contributed by atoms with Gasteiger partial charge in [-0.3, -0.25) is 19.3 Å². The van der Waals surface area contributed by atoms with Crippen molar-refractivity contribution in [3.05, 3.63) is 76.3 Å². The van der Waals surface area contributed by atoms with Gasteiger partial charge < -0.3 is 19.0 Å². The van der Waals surface area contributed by atoms with Crippen molar-refractivity contribution >= 4 is 34.4 Å². The molecule has 5 rings (SSSR count). The number of fused-ring (bicyclic) bond motifs is 1. The number of esters is 1. The van der Waals surface area contributed by atoms with Crippen molar-refractivity contribution < 1.29 is 23.9 Å². The van der Waals surface area contributed by atoms with Gasteiger partial charge in [0, 0.05) is 48.3 Å². The first-order valence-corrected chi connectivity index (χ1v) is 11.7. The largest absolute Gasteiger partial charge is 0.465 e. The van der Waals surface area contributed by atoms with Gasteiger partial charge in [-0.25, -0.2) is 4.79 Å². The zero-order valence-electron chi connectivity index (χ0n) is 20.8. The van der Waals surface area contributed by atoms with E-state index in [1.807, 2.05) is 13.1 Å². The normalized spacial score (nSPS) is 15.5. The van der Waals surface area contributed by atoms with Gasteiger partial charge in [-0.15, -0.1) is 0 Å². The van der Waals surface area contributed by atoms with Crippen LogP contribution in [0.15, 0.2) is 59.7 Å². The second-order valence-electron chi connectivity index (χ2n) is 9.15. The van der Waals surface area contributed by atoms with Crippen molar-refractivity contribution in [3.63, 3.8) is 0 Å². The summed E-state index contributed by atoms with van der Waals surface area (Å²) in [5.41, 5.74) is 3.10. The number of carbonyl (C=O) groups is 3. The third-order valence-electron chi connectivity index (χ3n) is 6.60.